The topological polar surface area (TPSA) is 75.7 Å². The minimum absolute atomic E-state index is 0.267. The Labute approximate surface area is 171 Å². The van der Waals surface area contributed by atoms with Crippen LogP contribution in [0.25, 0.3) is 6.08 Å². The van der Waals surface area contributed by atoms with E-state index in [-0.39, 0.29) is 12.5 Å². The Kier molecular flexibility index (Phi) is 7.41. The molecule has 146 valence electrons. The molecule has 1 aromatic carbocycles. The van der Waals surface area contributed by atoms with E-state index in [0.717, 1.165) is 27.1 Å². The van der Waals surface area contributed by atoms with Crippen LogP contribution in [0.2, 0.25) is 0 Å². The zero-order chi connectivity index (χ0) is 19.8. The number of hydrogen-bond donors (Lipinski definition) is 1. The summed E-state index contributed by atoms with van der Waals surface area (Å²) in [6, 6.07) is 13.6. The molecule has 28 heavy (non-hydrogen) atoms. The van der Waals surface area contributed by atoms with Crippen molar-refractivity contribution in [3.05, 3.63) is 63.2 Å². The van der Waals surface area contributed by atoms with E-state index in [0.29, 0.717) is 31.1 Å². The van der Waals surface area contributed by atoms with Crippen molar-refractivity contribution >= 4 is 46.2 Å². The number of rotatable bonds is 9. The second kappa shape index (κ2) is 10.2. The van der Waals surface area contributed by atoms with Crippen LogP contribution < -0.4 is 5.32 Å². The number of carbonyl (C=O) groups is 3. The molecule has 0 atom stereocenters. The molecule has 1 aliphatic rings. The summed E-state index contributed by atoms with van der Waals surface area (Å²) in [4.78, 5) is 38.6. The fraction of sp³-hybridized carbons (Fsp3) is 0.250. The van der Waals surface area contributed by atoms with Crippen molar-refractivity contribution < 1.29 is 19.1 Å². The summed E-state index contributed by atoms with van der Waals surface area (Å²) in [7, 11) is 0. The van der Waals surface area contributed by atoms with E-state index in [1.807, 2.05) is 47.8 Å². The number of amides is 3. The molecule has 1 aromatic heterocycles. The Bertz CT molecular complexity index is 850. The highest BCUT2D eigenvalue weighted by Crippen LogP contribution is 2.32. The van der Waals surface area contributed by atoms with Crippen LogP contribution in [0.4, 0.5) is 4.79 Å². The van der Waals surface area contributed by atoms with Gasteiger partial charge in [0.2, 0.25) is 5.91 Å². The summed E-state index contributed by atoms with van der Waals surface area (Å²) in [6.45, 7) is 1.20. The van der Waals surface area contributed by atoms with Crippen LogP contribution in [0.5, 0.6) is 0 Å². The highest BCUT2D eigenvalue weighted by molar-refractivity contribution is 8.18. The minimum atomic E-state index is -0.426. The summed E-state index contributed by atoms with van der Waals surface area (Å²) < 4.78 is 5.55. The Morgan fingerprint density at radius 3 is 2.71 bits per heavy atom. The monoisotopic (exact) mass is 416 g/mol. The molecule has 1 fully saturated rings. The summed E-state index contributed by atoms with van der Waals surface area (Å²) in [6.07, 6.45) is 2.33. The van der Waals surface area contributed by atoms with Crippen LogP contribution in [-0.4, -0.2) is 41.6 Å². The molecule has 3 amide bonds. The third-order valence-electron chi connectivity index (χ3n) is 3.89. The molecule has 0 spiro atoms. The quantitative estimate of drug-likeness (QED) is 0.500. The predicted octanol–water partition coefficient (Wildman–Crippen LogP) is 3.51. The van der Waals surface area contributed by atoms with Gasteiger partial charge in [-0.1, -0.05) is 36.4 Å². The molecular weight excluding hydrogens is 396 g/mol. The van der Waals surface area contributed by atoms with Gasteiger partial charge in [-0.15, -0.1) is 11.3 Å². The Morgan fingerprint density at radius 2 is 1.96 bits per heavy atom. The van der Waals surface area contributed by atoms with Crippen molar-refractivity contribution in [1.29, 1.82) is 0 Å². The van der Waals surface area contributed by atoms with Gasteiger partial charge in [0, 0.05) is 18.0 Å². The molecule has 0 radical (unpaired) electrons. The molecular formula is C20H20N2O4S2. The first-order valence-electron chi connectivity index (χ1n) is 8.81. The van der Waals surface area contributed by atoms with Crippen LogP contribution in [0.15, 0.2) is 52.7 Å². The fourth-order valence-electron chi connectivity index (χ4n) is 2.50. The number of thiophene rings is 1. The van der Waals surface area contributed by atoms with Crippen molar-refractivity contribution in [2.24, 2.45) is 0 Å². The summed E-state index contributed by atoms with van der Waals surface area (Å²) in [5, 5.41) is 4.19. The molecule has 0 unspecified atom stereocenters. The second-order valence-corrected chi connectivity index (χ2v) is 8.00. The van der Waals surface area contributed by atoms with E-state index >= 15 is 0 Å². The normalized spacial score (nSPS) is 15.4. The fourth-order valence-corrected chi connectivity index (χ4v) is 4.07. The first-order valence-corrected chi connectivity index (χ1v) is 10.5. The molecule has 0 saturated carbocycles. The predicted molar refractivity (Wildman–Crippen MR) is 111 cm³/mol. The van der Waals surface area contributed by atoms with Gasteiger partial charge in [0.05, 0.1) is 11.5 Å². The minimum Gasteiger partial charge on any atom is -0.377 e. The third-order valence-corrected chi connectivity index (χ3v) is 5.62. The van der Waals surface area contributed by atoms with Gasteiger partial charge in [0.1, 0.15) is 6.54 Å². The molecule has 1 saturated heterocycles. The maximum atomic E-state index is 12.3. The SMILES string of the molecule is O=C(CN1C(=O)S/C(=C\c2cccs2)C1=O)NCCCOCc1ccccc1. The van der Waals surface area contributed by atoms with Gasteiger partial charge in [-0.05, 0) is 41.3 Å². The van der Waals surface area contributed by atoms with E-state index < -0.39 is 11.1 Å². The smallest absolute Gasteiger partial charge is 0.294 e. The van der Waals surface area contributed by atoms with Crippen LogP contribution in [0.1, 0.15) is 16.9 Å². The zero-order valence-electron chi connectivity index (χ0n) is 15.1. The lowest BCUT2D eigenvalue weighted by Crippen LogP contribution is -2.39. The molecule has 0 aliphatic carbocycles. The van der Waals surface area contributed by atoms with Crippen molar-refractivity contribution in [3.63, 3.8) is 0 Å². The first-order chi connectivity index (χ1) is 13.6. The number of carbonyl (C=O) groups excluding carboxylic acids is 3. The second-order valence-electron chi connectivity index (χ2n) is 6.02. The Hall–Kier alpha value is -2.42. The van der Waals surface area contributed by atoms with Crippen LogP contribution in [0, 0.1) is 0 Å². The third kappa shape index (κ3) is 5.79. The first kappa shape index (κ1) is 20.3. The largest absolute Gasteiger partial charge is 0.377 e. The van der Waals surface area contributed by atoms with E-state index in [1.54, 1.807) is 6.08 Å². The zero-order valence-corrected chi connectivity index (χ0v) is 16.8. The number of ether oxygens (including phenoxy) is 1. The van der Waals surface area contributed by atoms with Crippen LogP contribution in [-0.2, 0) is 20.9 Å². The Morgan fingerprint density at radius 1 is 1.14 bits per heavy atom. The number of nitrogens with zero attached hydrogens (tertiary/aromatic N) is 1. The van der Waals surface area contributed by atoms with Gasteiger partial charge in [-0.3, -0.25) is 19.3 Å². The van der Waals surface area contributed by atoms with E-state index in [1.165, 1.54) is 11.3 Å². The Balaban J connectivity index is 1.36. The van der Waals surface area contributed by atoms with E-state index in [4.69, 9.17) is 4.74 Å². The average molecular weight is 417 g/mol. The van der Waals surface area contributed by atoms with Gasteiger partial charge in [-0.25, -0.2) is 0 Å². The average Bonchev–Trinajstić information content (AvgIpc) is 3.29. The summed E-state index contributed by atoms with van der Waals surface area (Å²) in [5.74, 6) is -0.785. The molecule has 3 rings (SSSR count). The molecule has 2 aromatic rings. The highest BCUT2D eigenvalue weighted by Gasteiger charge is 2.36. The van der Waals surface area contributed by atoms with E-state index in [2.05, 4.69) is 5.32 Å². The number of thioether (sulfide) groups is 1. The summed E-state index contributed by atoms with van der Waals surface area (Å²) in [5.41, 5.74) is 1.10. The van der Waals surface area contributed by atoms with Crippen molar-refractivity contribution in [3.8, 4) is 0 Å². The maximum absolute atomic E-state index is 12.3. The molecule has 8 heteroatoms. The molecule has 2 heterocycles. The van der Waals surface area contributed by atoms with Gasteiger partial charge < -0.3 is 10.1 Å². The van der Waals surface area contributed by atoms with Gasteiger partial charge in [0.15, 0.2) is 0 Å². The number of nitrogens with one attached hydrogen (secondary N) is 1. The number of hydrogen-bond acceptors (Lipinski definition) is 6. The number of benzene rings is 1. The molecule has 1 aliphatic heterocycles. The standard InChI is InChI=1S/C20H20N2O4S2/c23-18(21-9-5-10-26-14-15-6-2-1-3-7-15)13-22-19(24)17(28-20(22)25)12-16-8-4-11-27-16/h1-4,6-8,11-12H,5,9-10,13-14H2,(H,21,23)/b17-12-. The lowest BCUT2D eigenvalue weighted by atomic mass is 10.2. The van der Waals surface area contributed by atoms with Crippen LogP contribution >= 0.6 is 23.1 Å². The van der Waals surface area contributed by atoms with Crippen molar-refractivity contribution in [2.45, 2.75) is 13.0 Å². The molecule has 1 N–H and O–H groups in total. The van der Waals surface area contributed by atoms with E-state index in [9.17, 15) is 14.4 Å². The van der Waals surface area contributed by atoms with Crippen molar-refractivity contribution in [1.82, 2.24) is 10.2 Å². The van der Waals surface area contributed by atoms with Crippen LogP contribution in [0.3, 0.4) is 0 Å². The van der Waals surface area contributed by atoms with Gasteiger partial charge in [-0.2, -0.15) is 0 Å². The van der Waals surface area contributed by atoms with Crippen molar-refractivity contribution in [2.75, 3.05) is 19.7 Å². The lowest BCUT2D eigenvalue weighted by Gasteiger charge is -2.12. The maximum Gasteiger partial charge on any atom is 0.294 e. The lowest BCUT2D eigenvalue weighted by molar-refractivity contribution is -0.129. The van der Waals surface area contributed by atoms with Gasteiger partial charge in [0.25, 0.3) is 11.1 Å². The highest BCUT2D eigenvalue weighted by atomic mass is 32.2. The number of imide groups is 1. The summed E-state index contributed by atoms with van der Waals surface area (Å²) >= 11 is 2.34. The molecule has 0 bridgehead atoms. The molecule has 6 nitrogen and oxygen atoms in total. The van der Waals surface area contributed by atoms with Gasteiger partial charge >= 0.3 is 0 Å².